The highest BCUT2D eigenvalue weighted by atomic mass is 19.1. The highest BCUT2D eigenvalue weighted by Crippen LogP contribution is 2.28. The number of hydrogen-bond acceptors (Lipinski definition) is 5. The molecule has 0 radical (unpaired) electrons. The zero-order chi connectivity index (χ0) is 24.2. The molecule has 1 N–H and O–H groups in total. The zero-order valence-corrected chi connectivity index (χ0v) is 18.6. The van der Waals surface area contributed by atoms with Gasteiger partial charge in [-0.05, 0) is 67.1 Å². The maximum Gasteiger partial charge on any atom is 0.335 e. The van der Waals surface area contributed by atoms with Crippen molar-refractivity contribution < 1.29 is 28.2 Å². The monoisotopic (exact) mass is 463 g/mol. The molecule has 1 aliphatic rings. The van der Waals surface area contributed by atoms with E-state index in [1.165, 1.54) is 18.2 Å². The molecular weight excluding hydrogens is 441 g/mol. The molecule has 1 fully saturated rings. The number of benzene rings is 2. The fourth-order valence-electron chi connectivity index (χ4n) is 3.54. The Bertz CT molecular complexity index is 1280. The van der Waals surface area contributed by atoms with Crippen LogP contribution in [-0.4, -0.2) is 36.1 Å². The first-order valence-electron chi connectivity index (χ1n) is 10.5. The van der Waals surface area contributed by atoms with Gasteiger partial charge in [0, 0.05) is 11.9 Å². The Labute approximate surface area is 195 Å². The van der Waals surface area contributed by atoms with Crippen molar-refractivity contribution in [3.8, 4) is 11.5 Å². The summed E-state index contributed by atoms with van der Waals surface area (Å²) in [7, 11) is 1.57. The largest absolute Gasteiger partial charge is 0.493 e. The molecule has 1 aliphatic heterocycles. The van der Waals surface area contributed by atoms with Gasteiger partial charge >= 0.3 is 6.03 Å². The number of halogens is 1. The van der Waals surface area contributed by atoms with Crippen molar-refractivity contribution in [2.45, 2.75) is 13.5 Å². The van der Waals surface area contributed by atoms with Crippen LogP contribution < -0.4 is 19.7 Å². The Morgan fingerprint density at radius 3 is 2.53 bits per heavy atom. The third-order valence-corrected chi connectivity index (χ3v) is 5.25. The molecule has 0 aliphatic carbocycles. The van der Waals surface area contributed by atoms with Crippen LogP contribution >= 0.6 is 0 Å². The number of imide groups is 2. The second kappa shape index (κ2) is 9.62. The number of urea groups is 1. The summed E-state index contributed by atoms with van der Waals surface area (Å²) in [5.41, 5.74) is 1.56. The number of aromatic nitrogens is 1. The van der Waals surface area contributed by atoms with E-state index < -0.39 is 23.7 Å². The molecule has 4 rings (SSSR count). The molecule has 0 bridgehead atoms. The predicted molar refractivity (Wildman–Crippen MR) is 123 cm³/mol. The van der Waals surface area contributed by atoms with Crippen LogP contribution in [0.5, 0.6) is 11.5 Å². The van der Waals surface area contributed by atoms with E-state index in [4.69, 9.17) is 9.47 Å². The van der Waals surface area contributed by atoms with Gasteiger partial charge in [0.15, 0.2) is 11.5 Å². The van der Waals surface area contributed by atoms with Crippen LogP contribution in [0.2, 0.25) is 0 Å². The lowest BCUT2D eigenvalue weighted by Crippen LogP contribution is -2.54. The maximum atomic E-state index is 13.3. The number of rotatable bonds is 7. The molecule has 4 amide bonds. The quantitative estimate of drug-likeness (QED) is 0.426. The fourth-order valence-corrected chi connectivity index (χ4v) is 3.54. The number of carbonyl (C=O) groups is 3. The topological polar surface area (TPSA) is 89.9 Å². The average Bonchev–Trinajstić information content (AvgIpc) is 3.25. The van der Waals surface area contributed by atoms with Crippen LogP contribution in [0.1, 0.15) is 11.3 Å². The number of hydrogen-bond donors (Lipinski definition) is 1. The number of amides is 4. The van der Waals surface area contributed by atoms with Gasteiger partial charge in [-0.3, -0.25) is 14.9 Å². The molecule has 174 valence electrons. The Balaban J connectivity index is 1.52. The second-order valence-corrected chi connectivity index (χ2v) is 7.56. The fraction of sp³-hybridized carbons (Fsp3) is 0.160. The van der Waals surface area contributed by atoms with Gasteiger partial charge in [-0.15, -0.1) is 0 Å². The van der Waals surface area contributed by atoms with Gasteiger partial charge in [-0.2, -0.15) is 0 Å². The van der Waals surface area contributed by atoms with Gasteiger partial charge in [0.2, 0.25) is 0 Å². The third kappa shape index (κ3) is 4.68. The summed E-state index contributed by atoms with van der Waals surface area (Å²) >= 11 is 0. The minimum absolute atomic E-state index is 0.151. The summed E-state index contributed by atoms with van der Waals surface area (Å²) in [6.45, 7) is 2.70. The molecular formula is C25H22FN3O5. The maximum absolute atomic E-state index is 13.3. The first-order valence-corrected chi connectivity index (χ1v) is 10.5. The van der Waals surface area contributed by atoms with E-state index in [0.717, 1.165) is 22.6 Å². The molecule has 0 atom stereocenters. The van der Waals surface area contributed by atoms with E-state index in [2.05, 4.69) is 5.32 Å². The lowest BCUT2D eigenvalue weighted by Gasteiger charge is -2.26. The van der Waals surface area contributed by atoms with Crippen LogP contribution in [-0.2, 0) is 16.1 Å². The van der Waals surface area contributed by atoms with Crippen molar-refractivity contribution in [3.63, 3.8) is 0 Å². The molecule has 1 saturated heterocycles. The van der Waals surface area contributed by atoms with E-state index in [0.29, 0.717) is 30.3 Å². The first kappa shape index (κ1) is 22.8. The SMILES string of the molecule is COc1cc(C)ccc1OCCn1cccc1/C=C1\C(=O)NC(=O)N(c2ccc(F)cc2)C1=O. The number of aryl methyl sites for hydroxylation is 1. The molecule has 2 aromatic carbocycles. The standard InChI is InChI=1S/C25H22FN3O5/c1-16-5-10-21(22(14-16)33-2)34-13-12-28-11-3-4-19(28)15-20-23(30)27-25(32)29(24(20)31)18-8-6-17(26)7-9-18/h3-11,14-15H,12-13H2,1-2H3,(H,27,30,32)/b20-15+. The summed E-state index contributed by atoms with van der Waals surface area (Å²) in [4.78, 5) is 38.5. The summed E-state index contributed by atoms with van der Waals surface area (Å²) in [5, 5.41) is 2.15. The second-order valence-electron chi connectivity index (χ2n) is 7.56. The molecule has 0 saturated carbocycles. The van der Waals surface area contributed by atoms with Gasteiger partial charge in [0.25, 0.3) is 11.8 Å². The third-order valence-electron chi connectivity index (χ3n) is 5.25. The van der Waals surface area contributed by atoms with Crippen molar-refractivity contribution in [1.29, 1.82) is 0 Å². The van der Waals surface area contributed by atoms with Crippen LogP contribution in [0.25, 0.3) is 6.08 Å². The van der Waals surface area contributed by atoms with Crippen LogP contribution in [0, 0.1) is 12.7 Å². The van der Waals surface area contributed by atoms with Crippen molar-refractivity contribution >= 4 is 29.6 Å². The van der Waals surface area contributed by atoms with Crippen molar-refractivity contribution in [2.24, 2.45) is 0 Å². The Kier molecular flexibility index (Phi) is 6.44. The summed E-state index contributed by atoms with van der Waals surface area (Å²) < 4.78 is 26.3. The Morgan fingerprint density at radius 2 is 1.79 bits per heavy atom. The zero-order valence-electron chi connectivity index (χ0n) is 18.6. The van der Waals surface area contributed by atoms with E-state index in [1.807, 2.05) is 29.7 Å². The number of nitrogens with one attached hydrogen (secondary N) is 1. The smallest absolute Gasteiger partial charge is 0.335 e. The predicted octanol–water partition coefficient (Wildman–Crippen LogP) is 3.69. The van der Waals surface area contributed by atoms with Gasteiger partial charge in [0.1, 0.15) is 18.0 Å². The van der Waals surface area contributed by atoms with Crippen LogP contribution in [0.3, 0.4) is 0 Å². The lowest BCUT2D eigenvalue weighted by molar-refractivity contribution is -0.122. The van der Waals surface area contributed by atoms with E-state index in [9.17, 15) is 18.8 Å². The van der Waals surface area contributed by atoms with Gasteiger partial charge in [-0.25, -0.2) is 14.1 Å². The molecule has 8 nitrogen and oxygen atoms in total. The van der Waals surface area contributed by atoms with Crippen molar-refractivity contribution in [3.05, 3.63) is 83.4 Å². The first-order chi connectivity index (χ1) is 16.4. The highest BCUT2D eigenvalue weighted by Gasteiger charge is 2.37. The minimum atomic E-state index is -0.894. The Morgan fingerprint density at radius 1 is 1.03 bits per heavy atom. The van der Waals surface area contributed by atoms with Crippen molar-refractivity contribution in [2.75, 3.05) is 18.6 Å². The van der Waals surface area contributed by atoms with Gasteiger partial charge < -0.3 is 14.0 Å². The molecule has 0 unspecified atom stereocenters. The van der Waals surface area contributed by atoms with E-state index in [-0.39, 0.29) is 11.3 Å². The minimum Gasteiger partial charge on any atom is -0.493 e. The molecule has 3 aromatic rings. The highest BCUT2D eigenvalue weighted by molar-refractivity contribution is 6.39. The van der Waals surface area contributed by atoms with Gasteiger partial charge in [0.05, 0.1) is 19.3 Å². The lowest BCUT2D eigenvalue weighted by atomic mass is 10.1. The molecule has 0 spiro atoms. The molecule has 2 heterocycles. The average molecular weight is 463 g/mol. The van der Waals surface area contributed by atoms with E-state index >= 15 is 0 Å². The van der Waals surface area contributed by atoms with Crippen LogP contribution in [0.4, 0.5) is 14.9 Å². The summed E-state index contributed by atoms with van der Waals surface area (Å²) in [5.74, 6) is -0.875. The number of carbonyl (C=O) groups excluding carboxylic acids is 3. The van der Waals surface area contributed by atoms with Crippen LogP contribution in [0.15, 0.2) is 66.4 Å². The number of nitrogens with zero attached hydrogens (tertiary/aromatic N) is 2. The molecule has 1 aromatic heterocycles. The summed E-state index contributed by atoms with van der Waals surface area (Å²) in [6.07, 6.45) is 3.20. The number of barbiturate groups is 1. The number of methoxy groups -OCH3 is 1. The molecule has 34 heavy (non-hydrogen) atoms. The Hall–Kier alpha value is -4.40. The number of anilines is 1. The summed E-state index contributed by atoms with van der Waals surface area (Å²) in [6, 6.07) is 13.1. The normalized spacial score (nSPS) is 15.0. The van der Waals surface area contributed by atoms with Crippen molar-refractivity contribution in [1.82, 2.24) is 9.88 Å². The molecule has 9 heteroatoms. The van der Waals surface area contributed by atoms with E-state index in [1.54, 1.807) is 25.4 Å². The van der Waals surface area contributed by atoms with Gasteiger partial charge in [-0.1, -0.05) is 6.07 Å². The number of ether oxygens (including phenoxy) is 2.